The summed E-state index contributed by atoms with van der Waals surface area (Å²) in [6.07, 6.45) is 3.69. The molecule has 0 unspecified atom stereocenters. The Morgan fingerprint density at radius 2 is 2.05 bits per heavy atom. The van der Waals surface area contributed by atoms with E-state index in [9.17, 15) is 4.79 Å². The number of hydrogen-bond donors (Lipinski definition) is 0. The van der Waals surface area contributed by atoms with Crippen molar-refractivity contribution in [1.29, 1.82) is 0 Å². The van der Waals surface area contributed by atoms with Crippen LogP contribution in [0.5, 0.6) is 0 Å². The van der Waals surface area contributed by atoms with Gasteiger partial charge in [-0.3, -0.25) is 0 Å². The average molecular weight is 268 g/mol. The van der Waals surface area contributed by atoms with E-state index < -0.39 is 5.97 Å². The molecule has 0 N–H and O–H groups in total. The molecule has 0 bridgehead atoms. The van der Waals surface area contributed by atoms with Crippen LogP contribution in [0.15, 0.2) is 53.9 Å². The Kier molecular flexibility index (Phi) is 4.97. The van der Waals surface area contributed by atoms with Gasteiger partial charge in [0.25, 0.3) is 0 Å². The molecule has 0 fully saturated rings. The van der Waals surface area contributed by atoms with E-state index >= 15 is 0 Å². The van der Waals surface area contributed by atoms with Gasteiger partial charge in [0.2, 0.25) is 0 Å². The van der Waals surface area contributed by atoms with Crippen molar-refractivity contribution < 1.29 is 9.53 Å². The summed E-state index contributed by atoms with van der Waals surface area (Å²) in [6.45, 7) is 0.229. The van der Waals surface area contributed by atoms with Gasteiger partial charge in [-0.1, -0.05) is 42.5 Å². The smallest absolute Gasteiger partial charge is 0.385 e. The summed E-state index contributed by atoms with van der Waals surface area (Å²) in [5.41, 5.74) is 1.07. The molecule has 94 valence electrons. The van der Waals surface area contributed by atoms with Crippen LogP contribution in [0.4, 0.5) is 0 Å². The van der Waals surface area contributed by atoms with Crippen molar-refractivity contribution in [2.45, 2.75) is 0 Å². The molecule has 0 saturated heterocycles. The number of esters is 1. The zero-order chi connectivity index (χ0) is 13.3. The molecule has 0 amide bonds. The Morgan fingerprint density at radius 3 is 2.79 bits per heavy atom. The number of thiophene rings is 1. The highest BCUT2D eigenvalue weighted by Gasteiger charge is 1.94. The van der Waals surface area contributed by atoms with E-state index in [2.05, 4.69) is 11.8 Å². The second kappa shape index (κ2) is 7.20. The quantitative estimate of drug-likeness (QED) is 0.630. The maximum absolute atomic E-state index is 11.3. The molecule has 0 spiro atoms. The topological polar surface area (TPSA) is 26.3 Å². The van der Waals surface area contributed by atoms with Gasteiger partial charge in [-0.25, -0.2) is 4.79 Å². The van der Waals surface area contributed by atoms with E-state index in [4.69, 9.17) is 4.74 Å². The minimum atomic E-state index is -0.508. The van der Waals surface area contributed by atoms with Crippen molar-refractivity contribution in [1.82, 2.24) is 0 Å². The normalized spacial score (nSPS) is 9.89. The highest BCUT2D eigenvalue weighted by atomic mass is 32.1. The molecule has 1 aromatic carbocycles. The van der Waals surface area contributed by atoms with Crippen LogP contribution in [0.3, 0.4) is 0 Å². The fourth-order valence-electron chi connectivity index (χ4n) is 1.37. The van der Waals surface area contributed by atoms with Crippen molar-refractivity contribution in [3.05, 3.63) is 64.4 Å². The summed E-state index contributed by atoms with van der Waals surface area (Å²) in [6, 6.07) is 13.6. The Morgan fingerprint density at radius 1 is 1.21 bits per heavy atom. The molecule has 0 atom stereocenters. The van der Waals surface area contributed by atoms with Gasteiger partial charge >= 0.3 is 5.97 Å². The summed E-state index contributed by atoms with van der Waals surface area (Å²) in [7, 11) is 0. The van der Waals surface area contributed by atoms with Crippen molar-refractivity contribution in [3.8, 4) is 11.8 Å². The second-order valence-corrected chi connectivity index (χ2v) is 4.59. The van der Waals surface area contributed by atoms with Crippen LogP contribution in [0.25, 0.3) is 6.08 Å². The monoisotopic (exact) mass is 268 g/mol. The highest BCUT2D eigenvalue weighted by Crippen LogP contribution is 2.05. The van der Waals surface area contributed by atoms with Gasteiger partial charge in [0.1, 0.15) is 6.61 Å². The minimum absolute atomic E-state index is 0.229. The Hall–Kier alpha value is -2.31. The lowest BCUT2D eigenvalue weighted by atomic mass is 10.2. The molecule has 0 aliphatic heterocycles. The molecule has 0 saturated carbocycles. The van der Waals surface area contributed by atoms with E-state index in [0.717, 1.165) is 10.4 Å². The fraction of sp³-hybridized carbons (Fsp3) is 0.0625. The molecular formula is C16H12O2S. The fourth-order valence-corrected chi connectivity index (χ4v) is 1.94. The van der Waals surface area contributed by atoms with Gasteiger partial charge < -0.3 is 4.74 Å². The second-order valence-electron chi connectivity index (χ2n) is 3.64. The van der Waals surface area contributed by atoms with E-state index in [0.29, 0.717) is 0 Å². The summed E-state index contributed by atoms with van der Waals surface area (Å²) >= 11 is 1.50. The van der Waals surface area contributed by atoms with Crippen LogP contribution < -0.4 is 0 Å². The van der Waals surface area contributed by atoms with E-state index in [1.807, 2.05) is 53.9 Å². The van der Waals surface area contributed by atoms with Gasteiger partial charge in [0.05, 0.1) is 4.88 Å². The lowest BCUT2D eigenvalue weighted by molar-refractivity contribution is -0.135. The van der Waals surface area contributed by atoms with Gasteiger partial charge in [0.15, 0.2) is 0 Å². The van der Waals surface area contributed by atoms with Crippen LogP contribution in [0.1, 0.15) is 10.4 Å². The molecule has 3 heteroatoms. The molecule has 0 aliphatic rings. The maximum atomic E-state index is 11.3. The van der Waals surface area contributed by atoms with Crippen molar-refractivity contribution in [3.63, 3.8) is 0 Å². The molecular weight excluding hydrogens is 256 g/mol. The van der Waals surface area contributed by atoms with E-state index in [1.54, 1.807) is 6.08 Å². The number of ether oxygens (including phenoxy) is 1. The van der Waals surface area contributed by atoms with Crippen molar-refractivity contribution >= 4 is 23.4 Å². The molecule has 19 heavy (non-hydrogen) atoms. The van der Waals surface area contributed by atoms with Crippen molar-refractivity contribution in [2.75, 3.05) is 6.61 Å². The summed E-state index contributed by atoms with van der Waals surface area (Å²) < 4.78 is 4.97. The minimum Gasteiger partial charge on any atom is -0.452 e. The number of carbonyl (C=O) groups is 1. The van der Waals surface area contributed by atoms with Gasteiger partial charge in [0, 0.05) is 5.92 Å². The zero-order valence-corrected chi connectivity index (χ0v) is 11.0. The van der Waals surface area contributed by atoms with Crippen molar-refractivity contribution in [2.24, 2.45) is 0 Å². The SMILES string of the molecule is O=C(C#Cc1cccs1)OC/C=C/c1ccccc1. The average Bonchev–Trinajstić information content (AvgIpc) is 2.96. The van der Waals surface area contributed by atoms with Crippen LogP contribution in [0, 0.1) is 11.8 Å². The lowest BCUT2D eigenvalue weighted by Gasteiger charge is -1.94. The van der Waals surface area contributed by atoms with Crippen LogP contribution in [-0.2, 0) is 9.53 Å². The first-order valence-corrected chi connectivity index (χ1v) is 6.66. The third kappa shape index (κ3) is 4.82. The Labute approximate surface area is 116 Å². The van der Waals surface area contributed by atoms with Crippen LogP contribution in [0.2, 0.25) is 0 Å². The molecule has 0 radical (unpaired) electrons. The first-order valence-electron chi connectivity index (χ1n) is 5.78. The molecule has 2 aromatic rings. The van der Waals surface area contributed by atoms with E-state index in [-0.39, 0.29) is 6.61 Å². The summed E-state index contributed by atoms with van der Waals surface area (Å²) in [4.78, 5) is 12.2. The molecule has 0 aliphatic carbocycles. The number of carbonyl (C=O) groups excluding carboxylic acids is 1. The number of hydrogen-bond acceptors (Lipinski definition) is 3. The standard InChI is InChI=1S/C16H12O2S/c17-16(11-10-15-9-5-13-19-15)18-12-4-8-14-6-2-1-3-7-14/h1-9,13H,12H2/b8-4+. The van der Waals surface area contributed by atoms with Crippen LogP contribution in [-0.4, -0.2) is 12.6 Å². The lowest BCUT2D eigenvalue weighted by Crippen LogP contribution is -2.00. The third-order valence-electron chi connectivity index (χ3n) is 2.23. The predicted molar refractivity (Wildman–Crippen MR) is 77.6 cm³/mol. The summed E-state index contributed by atoms with van der Waals surface area (Å²) in [5.74, 6) is 4.69. The van der Waals surface area contributed by atoms with E-state index in [1.165, 1.54) is 11.3 Å². The number of benzene rings is 1. The maximum Gasteiger partial charge on any atom is 0.385 e. The zero-order valence-electron chi connectivity index (χ0n) is 10.2. The first-order chi connectivity index (χ1) is 9.34. The van der Waals surface area contributed by atoms with Crippen LogP contribution >= 0.6 is 11.3 Å². The predicted octanol–water partition coefficient (Wildman–Crippen LogP) is 3.36. The summed E-state index contributed by atoms with van der Waals surface area (Å²) in [5, 5.41) is 1.91. The molecule has 2 nitrogen and oxygen atoms in total. The molecule has 1 aromatic heterocycles. The van der Waals surface area contributed by atoms with Gasteiger partial charge in [-0.2, -0.15) is 0 Å². The first kappa shape index (κ1) is 13.1. The number of rotatable bonds is 3. The Bertz CT molecular complexity index is 601. The highest BCUT2D eigenvalue weighted by molar-refractivity contribution is 7.10. The largest absolute Gasteiger partial charge is 0.452 e. The Balaban J connectivity index is 1.77. The van der Waals surface area contributed by atoms with Gasteiger partial charge in [-0.05, 0) is 29.0 Å². The van der Waals surface area contributed by atoms with Gasteiger partial charge in [-0.15, -0.1) is 11.3 Å². The molecule has 1 heterocycles. The molecule has 2 rings (SSSR count). The third-order valence-corrected chi connectivity index (χ3v) is 3.01.